The number of halogens is 3. The van der Waals surface area contributed by atoms with E-state index in [-0.39, 0.29) is 10.7 Å². The molecule has 0 fully saturated rings. The Labute approximate surface area is 113 Å². The minimum Gasteiger partial charge on any atom is -0.322 e. The van der Waals surface area contributed by atoms with Crippen LogP contribution in [0.25, 0.3) is 0 Å². The number of anilines is 1. The Balaban J connectivity index is 2.24. The van der Waals surface area contributed by atoms with Crippen LogP contribution in [0.4, 0.5) is 10.1 Å². The van der Waals surface area contributed by atoms with Gasteiger partial charge in [0.2, 0.25) is 0 Å². The molecule has 0 aliphatic rings. The van der Waals surface area contributed by atoms with Crippen LogP contribution in [0.3, 0.4) is 0 Å². The molecule has 0 spiro atoms. The number of nitrogens with zero attached hydrogens (tertiary/aromatic N) is 1. The van der Waals surface area contributed by atoms with Crippen LogP contribution in [0.5, 0.6) is 0 Å². The topological polar surface area (TPSA) is 42.0 Å². The molecule has 0 radical (unpaired) electrons. The van der Waals surface area contributed by atoms with Crippen molar-refractivity contribution < 1.29 is 9.18 Å². The zero-order chi connectivity index (χ0) is 13.1. The molecule has 0 atom stereocenters. The SMILES string of the molecule is O=C(Nc1cccc(Cl)c1)c1cc(F)cnc1Cl. The Morgan fingerprint density at radius 3 is 2.78 bits per heavy atom. The monoisotopic (exact) mass is 284 g/mol. The van der Waals surface area contributed by atoms with E-state index in [0.29, 0.717) is 10.7 Å². The summed E-state index contributed by atoms with van der Waals surface area (Å²) in [7, 11) is 0. The lowest BCUT2D eigenvalue weighted by atomic mass is 10.2. The first kappa shape index (κ1) is 12.8. The number of carbonyl (C=O) groups is 1. The van der Waals surface area contributed by atoms with Gasteiger partial charge in [-0.1, -0.05) is 29.3 Å². The standard InChI is InChI=1S/C12H7Cl2FN2O/c13-7-2-1-3-9(4-7)17-12(18)10-5-8(15)6-16-11(10)14/h1-6H,(H,17,18). The largest absolute Gasteiger partial charge is 0.322 e. The number of benzene rings is 1. The number of hydrogen-bond acceptors (Lipinski definition) is 2. The first-order valence-corrected chi connectivity index (χ1v) is 5.70. The summed E-state index contributed by atoms with van der Waals surface area (Å²) >= 11 is 11.5. The van der Waals surface area contributed by atoms with E-state index in [9.17, 15) is 9.18 Å². The summed E-state index contributed by atoms with van der Waals surface area (Å²) in [6.45, 7) is 0. The third-order valence-electron chi connectivity index (χ3n) is 2.13. The average molecular weight is 285 g/mol. The third-order valence-corrected chi connectivity index (χ3v) is 2.67. The summed E-state index contributed by atoms with van der Waals surface area (Å²) in [5.74, 6) is -1.18. The van der Waals surface area contributed by atoms with Crippen LogP contribution >= 0.6 is 23.2 Å². The Kier molecular flexibility index (Phi) is 3.79. The Hall–Kier alpha value is -1.65. The van der Waals surface area contributed by atoms with Crippen LogP contribution < -0.4 is 5.32 Å². The number of hydrogen-bond donors (Lipinski definition) is 1. The van der Waals surface area contributed by atoms with E-state index in [2.05, 4.69) is 10.3 Å². The fourth-order valence-electron chi connectivity index (χ4n) is 1.35. The molecule has 2 aromatic rings. The summed E-state index contributed by atoms with van der Waals surface area (Å²) in [6, 6.07) is 7.61. The molecule has 2 rings (SSSR count). The second-order valence-electron chi connectivity index (χ2n) is 3.46. The number of carbonyl (C=O) groups excluding carboxylic acids is 1. The van der Waals surface area contributed by atoms with E-state index < -0.39 is 11.7 Å². The molecule has 1 aromatic heterocycles. The molecule has 1 amide bonds. The summed E-state index contributed by atoms with van der Waals surface area (Å²) in [5.41, 5.74) is 0.462. The molecule has 0 saturated heterocycles. The molecule has 1 aromatic carbocycles. The molecule has 0 saturated carbocycles. The summed E-state index contributed by atoms with van der Waals surface area (Å²) < 4.78 is 13.0. The van der Waals surface area contributed by atoms with Crippen LogP contribution in [-0.4, -0.2) is 10.9 Å². The summed E-state index contributed by atoms with van der Waals surface area (Å²) in [5, 5.41) is 2.98. The molecular weight excluding hydrogens is 278 g/mol. The molecule has 0 unspecified atom stereocenters. The zero-order valence-corrected chi connectivity index (χ0v) is 10.5. The summed E-state index contributed by atoms with van der Waals surface area (Å²) in [4.78, 5) is 15.4. The van der Waals surface area contributed by atoms with E-state index in [1.54, 1.807) is 24.3 Å². The van der Waals surface area contributed by atoms with Gasteiger partial charge in [0, 0.05) is 10.7 Å². The molecule has 1 heterocycles. The normalized spacial score (nSPS) is 10.2. The maximum absolute atomic E-state index is 13.0. The van der Waals surface area contributed by atoms with Crippen molar-refractivity contribution in [3.05, 3.63) is 58.1 Å². The van der Waals surface area contributed by atoms with Gasteiger partial charge in [-0.05, 0) is 24.3 Å². The summed E-state index contributed by atoms with van der Waals surface area (Å²) in [6.07, 6.45) is 0.943. The Bertz CT molecular complexity index is 604. The lowest BCUT2D eigenvalue weighted by Crippen LogP contribution is -2.13. The number of pyridine rings is 1. The highest BCUT2D eigenvalue weighted by molar-refractivity contribution is 6.33. The van der Waals surface area contributed by atoms with Crippen molar-refractivity contribution >= 4 is 34.8 Å². The molecule has 0 aliphatic carbocycles. The molecule has 1 N–H and O–H groups in total. The highest BCUT2D eigenvalue weighted by Gasteiger charge is 2.13. The van der Waals surface area contributed by atoms with E-state index in [1.165, 1.54) is 0 Å². The van der Waals surface area contributed by atoms with Gasteiger partial charge in [-0.3, -0.25) is 4.79 Å². The zero-order valence-electron chi connectivity index (χ0n) is 8.95. The minimum absolute atomic E-state index is 0.0309. The van der Waals surface area contributed by atoms with Crippen molar-refractivity contribution in [3.63, 3.8) is 0 Å². The molecule has 3 nitrogen and oxygen atoms in total. The minimum atomic E-state index is -0.629. The van der Waals surface area contributed by atoms with Crippen molar-refractivity contribution in [1.82, 2.24) is 4.98 Å². The highest BCUT2D eigenvalue weighted by atomic mass is 35.5. The molecule has 0 aliphatic heterocycles. The van der Waals surface area contributed by atoms with Crippen LogP contribution in [0, 0.1) is 5.82 Å². The number of nitrogens with one attached hydrogen (secondary N) is 1. The quantitative estimate of drug-likeness (QED) is 0.853. The fourth-order valence-corrected chi connectivity index (χ4v) is 1.73. The van der Waals surface area contributed by atoms with E-state index in [1.807, 2.05) is 0 Å². The predicted molar refractivity (Wildman–Crippen MR) is 68.6 cm³/mol. The van der Waals surface area contributed by atoms with Crippen molar-refractivity contribution in [2.45, 2.75) is 0 Å². The lowest BCUT2D eigenvalue weighted by molar-refractivity contribution is 0.102. The lowest BCUT2D eigenvalue weighted by Gasteiger charge is -2.06. The smallest absolute Gasteiger partial charge is 0.258 e. The molecule has 18 heavy (non-hydrogen) atoms. The van der Waals surface area contributed by atoms with Crippen LogP contribution in [0.2, 0.25) is 10.2 Å². The highest BCUT2D eigenvalue weighted by Crippen LogP contribution is 2.18. The third kappa shape index (κ3) is 2.97. The van der Waals surface area contributed by atoms with Crippen LogP contribution in [0.15, 0.2) is 36.5 Å². The first-order valence-electron chi connectivity index (χ1n) is 4.94. The number of amides is 1. The van der Waals surface area contributed by atoms with Gasteiger partial charge in [-0.15, -0.1) is 0 Å². The predicted octanol–water partition coefficient (Wildman–Crippen LogP) is 3.78. The van der Waals surface area contributed by atoms with Gasteiger partial charge in [0.1, 0.15) is 11.0 Å². The average Bonchev–Trinajstić information content (AvgIpc) is 2.32. The Morgan fingerprint density at radius 2 is 2.06 bits per heavy atom. The number of rotatable bonds is 2. The van der Waals surface area contributed by atoms with Gasteiger partial charge in [0.15, 0.2) is 0 Å². The fraction of sp³-hybridized carbons (Fsp3) is 0. The van der Waals surface area contributed by atoms with Gasteiger partial charge >= 0.3 is 0 Å². The van der Waals surface area contributed by atoms with Gasteiger partial charge < -0.3 is 5.32 Å². The van der Waals surface area contributed by atoms with Gasteiger partial charge in [-0.2, -0.15) is 0 Å². The van der Waals surface area contributed by atoms with E-state index in [0.717, 1.165) is 12.3 Å². The second-order valence-corrected chi connectivity index (χ2v) is 4.25. The maximum Gasteiger partial charge on any atom is 0.258 e. The molecular formula is C12H7Cl2FN2O. The first-order chi connectivity index (χ1) is 8.56. The van der Waals surface area contributed by atoms with Crippen molar-refractivity contribution in [1.29, 1.82) is 0 Å². The van der Waals surface area contributed by atoms with Gasteiger partial charge in [0.25, 0.3) is 5.91 Å². The molecule has 92 valence electrons. The number of aromatic nitrogens is 1. The van der Waals surface area contributed by atoms with E-state index >= 15 is 0 Å². The van der Waals surface area contributed by atoms with Crippen molar-refractivity contribution in [3.8, 4) is 0 Å². The van der Waals surface area contributed by atoms with Crippen LogP contribution in [0.1, 0.15) is 10.4 Å². The van der Waals surface area contributed by atoms with Crippen LogP contribution in [-0.2, 0) is 0 Å². The van der Waals surface area contributed by atoms with Crippen molar-refractivity contribution in [2.24, 2.45) is 0 Å². The van der Waals surface area contributed by atoms with E-state index in [4.69, 9.17) is 23.2 Å². The second kappa shape index (κ2) is 5.33. The Morgan fingerprint density at radius 1 is 1.28 bits per heavy atom. The van der Waals surface area contributed by atoms with Gasteiger partial charge in [-0.25, -0.2) is 9.37 Å². The molecule has 0 bridgehead atoms. The van der Waals surface area contributed by atoms with Gasteiger partial charge in [0.05, 0.1) is 11.8 Å². The van der Waals surface area contributed by atoms with Crippen molar-refractivity contribution in [2.75, 3.05) is 5.32 Å². The maximum atomic E-state index is 13.0. The molecule has 6 heteroatoms.